The van der Waals surface area contributed by atoms with Crippen LogP contribution in [0.2, 0.25) is 0 Å². The molecule has 0 spiro atoms. The number of aryl methyl sites for hydroxylation is 1. The van der Waals surface area contributed by atoms with Crippen LogP contribution in [0.3, 0.4) is 0 Å². The number of nitrogens with one attached hydrogen (secondary N) is 1. The molecule has 0 amide bonds. The zero-order valence-electron chi connectivity index (χ0n) is 9.37. The molecule has 0 atom stereocenters. The second-order valence-corrected chi connectivity index (χ2v) is 3.27. The van der Waals surface area contributed by atoms with E-state index < -0.39 is 0 Å². The Balaban J connectivity index is 3.38. The van der Waals surface area contributed by atoms with Gasteiger partial charge in [-0.2, -0.15) is 0 Å². The van der Waals surface area contributed by atoms with Gasteiger partial charge in [0.15, 0.2) is 0 Å². The average molecular weight is 211 g/mol. The van der Waals surface area contributed by atoms with Crippen molar-refractivity contribution in [2.75, 3.05) is 19.0 Å². The number of aromatic nitrogens is 2. The Kier molecular flexibility index (Phi) is 3.85. The van der Waals surface area contributed by atoms with Crippen LogP contribution < -0.4 is 10.9 Å². The zero-order chi connectivity index (χ0) is 11.4. The first-order valence-electron chi connectivity index (χ1n) is 5.04. The fourth-order valence-corrected chi connectivity index (χ4v) is 1.58. The van der Waals surface area contributed by atoms with Gasteiger partial charge in [0.05, 0.1) is 5.69 Å². The third-order valence-electron chi connectivity index (χ3n) is 2.37. The van der Waals surface area contributed by atoms with Crippen LogP contribution in [0, 0.1) is 6.92 Å². The first kappa shape index (κ1) is 11.7. The smallest absolute Gasteiger partial charge is 0.258 e. The summed E-state index contributed by atoms with van der Waals surface area (Å²) >= 11 is 0. The number of aliphatic hydroxyl groups is 1. The predicted molar refractivity (Wildman–Crippen MR) is 59.2 cm³/mol. The molecule has 0 aromatic carbocycles. The Bertz CT molecular complexity index is 398. The van der Waals surface area contributed by atoms with Gasteiger partial charge in [0, 0.05) is 32.2 Å². The van der Waals surface area contributed by atoms with Crippen molar-refractivity contribution in [2.45, 2.75) is 26.8 Å². The molecule has 84 valence electrons. The van der Waals surface area contributed by atoms with Crippen LogP contribution >= 0.6 is 0 Å². The number of rotatable bonds is 4. The van der Waals surface area contributed by atoms with E-state index in [1.807, 2.05) is 6.92 Å². The molecule has 0 saturated heterocycles. The molecule has 5 heteroatoms. The summed E-state index contributed by atoms with van der Waals surface area (Å²) in [5.41, 5.74) is 1.21. The van der Waals surface area contributed by atoms with Crippen LogP contribution in [-0.2, 0) is 13.0 Å². The summed E-state index contributed by atoms with van der Waals surface area (Å²) in [5, 5.41) is 11.8. The van der Waals surface area contributed by atoms with Gasteiger partial charge in [0.25, 0.3) is 5.56 Å². The summed E-state index contributed by atoms with van der Waals surface area (Å²) in [6.45, 7) is 4.22. The highest BCUT2D eigenvalue weighted by molar-refractivity contribution is 5.30. The Labute approximate surface area is 88.8 Å². The van der Waals surface area contributed by atoms with Crippen LogP contribution in [0.1, 0.15) is 18.2 Å². The highest BCUT2D eigenvalue weighted by atomic mass is 16.3. The molecule has 0 radical (unpaired) electrons. The van der Waals surface area contributed by atoms with E-state index in [4.69, 9.17) is 5.11 Å². The normalized spacial score (nSPS) is 10.4. The van der Waals surface area contributed by atoms with Crippen molar-refractivity contribution in [1.82, 2.24) is 9.55 Å². The molecule has 1 aromatic heterocycles. The molecule has 0 aliphatic heterocycles. The minimum atomic E-state index is -0.0663. The molecule has 0 saturated carbocycles. The number of anilines is 1. The van der Waals surface area contributed by atoms with Crippen LogP contribution in [0.5, 0.6) is 0 Å². The van der Waals surface area contributed by atoms with Gasteiger partial charge in [0.2, 0.25) is 5.95 Å². The van der Waals surface area contributed by atoms with E-state index in [1.54, 1.807) is 18.5 Å². The van der Waals surface area contributed by atoms with Gasteiger partial charge in [-0.25, -0.2) is 4.98 Å². The lowest BCUT2D eigenvalue weighted by Gasteiger charge is -2.12. The van der Waals surface area contributed by atoms with Crippen molar-refractivity contribution in [2.24, 2.45) is 0 Å². The summed E-state index contributed by atoms with van der Waals surface area (Å²) in [6, 6.07) is 0. The standard InChI is InChI=1S/C10H17N3O2/c1-4-13-9(15)8(5-6-14)7(2)12-10(13)11-3/h14H,4-6H2,1-3H3,(H,11,12). The fraction of sp³-hybridized carbons (Fsp3) is 0.600. The molecule has 2 N–H and O–H groups in total. The number of hydrogen-bond donors (Lipinski definition) is 2. The largest absolute Gasteiger partial charge is 0.396 e. The minimum absolute atomic E-state index is 0.0274. The molecular formula is C10H17N3O2. The Hall–Kier alpha value is -1.36. The molecule has 0 unspecified atom stereocenters. The molecule has 1 heterocycles. The first-order chi connectivity index (χ1) is 7.15. The topological polar surface area (TPSA) is 67.2 Å². The maximum absolute atomic E-state index is 12.0. The maximum Gasteiger partial charge on any atom is 0.258 e. The summed E-state index contributed by atoms with van der Waals surface area (Å²) in [6.07, 6.45) is 0.363. The second-order valence-electron chi connectivity index (χ2n) is 3.27. The molecule has 15 heavy (non-hydrogen) atoms. The summed E-state index contributed by atoms with van der Waals surface area (Å²) in [4.78, 5) is 16.2. The molecule has 1 rings (SSSR count). The molecular weight excluding hydrogens is 194 g/mol. The number of nitrogens with zero attached hydrogens (tertiary/aromatic N) is 2. The van der Waals surface area contributed by atoms with E-state index in [1.165, 1.54) is 0 Å². The molecule has 0 aliphatic carbocycles. The third-order valence-corrected chi connectivity index (χ3v) is 2.37. The lowest BCUT2D eigenvalue weighted by atomic mass is 10.2. The van der Waals surface area contributed by atoms with Crippen molar-refractivity contribution >= 4 is 5.95 Å². The van der Waals surface area contributed by atoms with E-state index in [0.29, 0.717) is 30.2 Å². The number of aliphatic hydroxyl groups excluding tert-OH is 1. The maximum atomic E-state index is 12.0. The van der Waals surface area contributed by atoms with Gasteiger partial charge in [-0.05, 0) is 13.8 Å². The van der Waals surface area contributed by atoms with Crippen molar-refractivity contribution in [3.05, 3.63) is 21.6 Å². The third kappa shape index (κ3) is 2.18. The number of hydrogen-bond acceptors (Lipinski definition) is 4. The summed E-state index contributed by atoms with van der Waals surface area (Å²) in [7, 11) is 1.74. The Morgan fingerprint density at radius 2 is 2.20 bits per heavy atom. The van der Waals surface area contributed by atoms with E-state index in [9.17, 15) is 4.79 Å². The Morgan fingerprint density at radius 1 is 1.53 bits per heavy atom. The molecule has 1 aromatic rings. The van der Waals surface area contributed by atoms with Gasteiger partial charge in [-0.15, -0.1) is 0 Å². The van der Waals surface area contributed by atoms with Crippen LogP contribution in [-0.4, -0.2) is 28.3 Å². The van der Waals surface area contributed by atoms with Gasteiger partial charge in [-0.1, -0.05) is 0 Å². The highest BCUT2D eigenvalue weighted by Gasteiger charge is 2.11. The van der Waals surface area contributed by atoms with Crippen LogP contribution in [0.25, 0.3) is 0 Å². The lowest BCUT2D eigenvalue weighted by Crippen LogP contribution is -2.28. The van der Waals surface area contributed by atoms with Gasteiger partial charge < -0.3 is 10.4 Å². The van der Waals surface area contributed by atoms with E-state index in [2.05, 4.69) is 10.3 Å². The van der Waals surface area contributed by atoms with Crippen molar-refractivity contribution in [3.8, 4) is 0 Å². The Morgan fingerprint density at radius 3 is 2.67 bits per heavy atom. The van der Waals surface area contributed by atoms with Gasteiger partial charge >= 0.3 is 0 Å². The molecule has 0 fully saturated rings. The second kappa shape index (κ2) is 4.93. The van der Waals surface area contributed by atoms with Gasteiger partial charge in [-0.3, -0.25) is 9.36 Å². The fourth-order valence-electron chi connectivity index (χ4n) is 1.58. The lowest BCUT2D eigenvalue weighted by molar-refractivity contribution is 0.298. The van der Waals surface area contributed by atoms with Crippen molar-refractivity contribution in [1.29, 1.82) is 0 Å². The SMILES string of the molecule is CCn1c(NC)nc(C)c(CCO)c1=O. The van der Waals surface area contributed by atoms with Gasteiger partial charge in [0.1, 0.15) is 0 Å². The molecule has 0 aliphatic rings. The molecule has 0 bridgehead atoms. The minimum Gasteiger partial charge on any atom is -0.396 e. The van der Waals surface area contributed by atoms with Crippen molar-refractivity contribution in [3.63, 3.8) is 0 Å². The first-order valence-corrected chi connectivity index (χ1v) is 5.04. The summed E-state index contributed by atoms with van der Waals surface area (Å²) < 4.78 is 1.57. The van der Waals surface area contributed by atoms with Crippen molar-refractivity contribution < 1.29 is 5.11 Å². The molecule has 5 nitrogen and oxygen atoms in total. The predicted octanol–water partition coefficient (Wildman–Crippen LogP) is 0.148. The zero-order valence-corrected chi connectivity index (χ0v) is 9.37. The summed E-state index contributed by atoms with van der Waals surface area (Å²) in [5.74, 6) is 0.571. The monoisotopic (exact) mass is 211 g/mol. The van der Waals surface area contributed by atoms with E-state index in [0.717, 1.165) is 0 Å². The van der Waals surface area contributed by atoms with E-state index in [-0.39, 0.29) is 12.2 Å². The highest BCUT2D eigenvalue weighted by Crippen LogP contribution is 2.06. The van der Waals surface area contributed by atoms with E-state index >= 15 is 0 Å². The van der Waals surface area contributed by atoms with Crippen LogP contribution in [0.4, 0.5) is 5.95 Å². The quantitative estimate of drug-likeness (QED) is 0.744. The van der Waals surface area contributed by atoms with Crippen LogP contribution in [0.15, 0.2) is 4.79 Å². The average Bonchev–Trinajstić information content (AvgIpc) is 2.23.